The van der Waals surface area contributed by atoms with Gasteiger partial charge in [0.25, 0.3) is 0 Å². The Kier molecular flexibility index (Phi) is 1.05. The van der Waals surface area contributed by atoms with Crippen LogP contribution in [0.3, 0.4) is 0 Å². The molecule has 0 spiro atoms. The highest BCUT2D eigenvalue weighted by Gasteiger charge is 2.34. The van der Waals surface area contributed by atoms with Crippen LogP contribution in [0.25, 0.3) is 0 Å². The fraction of sp³-hybridized carbons (Fsp3) is 1.00. The summed E-state index contributed by atoms with van der Waals surface area (Å²) in [6.07, 6.45) is 0. The van der Waals surface area contributed by atoms with Gasteiger partial charge in [0, 0.05) is 6.54 Å². The average molecular weight is 100 g/mol. The van der Waals surface area contributed by atoms with E-state index in [1.54, 1.807) is 0 Å². The molecular weight excluding hydrogens is 88.1 g/mol. The number of rotatable bonds is 2. The fourth-order valence-electron chi connectivity index (χ4n) is 0.648. The second-order valence-electron chi connectivity index (χ2n) is 2.22. The van der Waals surface area contributed by atoms with Crippen LogP contribution in [0, 0.1) is 0 Å². The molecule has 1 aliphatic rings. The number of likely N-dealkylation sites (N-methyl/N-ethyl adjacent to an activating group) is 1. The second-order valence-corrected chi connectivity index (χ2v) is 2.22. The van der Waals surface area contributed by atoms with Crippen LogP contribution in [0.2, 0.25) is 0 Å². The van der Waals surface area contributed by atoms with Crippen LogP contribution in [-0.4, -0.2) is 18.8 Å². The first-order valence-electron chi connectivity index (χ1n) is 2.77. The van der Waals surface area contributed by atoms with Gasteiger partial charge in [-0.25, -0.2) is 0 Å². The molecule has 0 aliphatic carbocycles. The molecule has 7 heavy (non-hydrogen) atoms. The van der Waals surface area contributed by atoms with E-state index in [2.05, 4.69) is 24.5 Å². The molecule has 1 heterocycles. The summed E-state index contributed by atoms with van der Waals surface area (Å²) in [5.74, 6) is 0. The van der Waals surface area contributed by atoms with Gasteiger partial charge < -0.3 is 0 Å². The summed E-state index contributed by atoms with van der Waals surface area (Å²) in [5, 5.41) is 6.49. The Labute approximate surface area is 44.3 Å². The minimum atomic E-state index is 0.300. The van der Waals surface area contributed by atoms with E-state index in [0.717, 1.165) is 13.1 Å². The van der Waals surface area contributed by atoms with Crippen LogP contribution in [0.1, 0.15) is 13.8 Å². The first kappa shape index (κ1) is 5.06. The van der Waals surface area contributed by atoms with Gasteiger partial charge in [-0.3, -0.25) is 10.6 Å². The van der Waals surface area contributed by atoms with E-state index in [1.165, 1.54) is 0 Å². The van der Waals surface area contributed by atoms with Crippen LogP contribution >= 0.6 is 0 Å². The third-order valence-corrected chi connectivity index (χ3v) is 1.27. The summed E-state index contributed by atoms with van der Waals surface area (Å²) in [5.41, 5.74) is 0.300. The van der Waals surface area contributed by atoms with Crippen molar-refractivity contribution in [2.75, 3.05) is 13.1 Å². The maximum absolute atomic E-state index is 3.28. The monoisotopic (exact) mass is 100 g/mol. The molecule has 2 heteroatoms. The summed E-state index contributed by atoms with van der Waals surface area (Å²) in [7, 11) is 0. The van der Waals surface area contributed by atoms with Crippen LogP contribution in [0.4, 0.5) is 0 Å². The molecule has 1 unspecified atom stereocenters. The van der Waals surface area contributed by atoms with E-state index in [0.29, 0.717) is 5.66 Å². The van der Waals surface area contributed by atoms with Crippen LogP contribution in [-0.2, 0) is 0 Å². The maximum atomic E-state index is 3.28. The largest absolute Gasteiger partial charge is 0.299 e. The van der Waals surface area contributed by atoms with Crippen molar-refractivity contribution in [2.24, 2.45) is 0 Å². The lowest BCUT2D eigenvalue weighted by molar-refractivity contribution is 0.548. The molecule has 2 nitrogen and oxygen atoms in total. The Morgan fingerprint density at radius 1 is 1.86 bits per heavy atom. The van der Waals surface area contributed by atoms with E-state index in [1.807, 2.05) is 0 Å². The standard InChI is InChI=1S/C5H12N2/c1-3-6-5(2)4-7-5/h6-7H,3-4H2,1-2H3. The van der Waals surface area contributed by atoms with E-state index in [9.17, 15) is 0 Å². The predicted octanol–water partition coefficient (Wildman–Crippen LogP) is -0.0847. The molecule has 1 atom stereocenters. The molecule has 2 N–H and O–H groups in total. The molecule has 0 saturated carbocycles. The van der Waals surface area contributed by atoms with Crippen molar-refractivity contribution in [3.63, 3.8) is 0 Å². The maximum Gasteiger partial charge on any atom is 0.0788 e. The highest BCUT2D eigenvalue weighted by atomic mass is 15.3. The summed E-state index contributed by atoms with van der Waals surface area (Å²) < 4.78 is 0. The van der Waals surface area contributed by atoms with Gasteiger partial charge in [0.05, 0.1) is 5.66 Å². The first-order chi connectivity index (χ1) is 3.27. The van der Waals surface area contributed by atoms with Gasteiger partial charge in [0.2, 0.25) is 0 Å². The zero-order valence-electron chi connectivity index (χ0n) is 4.91. The van der Waals surface area contributed by atoms with Crippen LogP contribution in [0.15, 0.2) is 0 Å². The van der Waals surface area contributed by atoms with Crippen molar-refractivity contribution >= 4 is 0 Å². The van der Waals surface area contributed by atoms with E-state index < -0.39 is 0 Å². The summed E-state index contributed by atoms with van der Waals surface area (Å²) >= 11 is 0. The van der Waals surface area contributed by atoms with E-state index in [-0.39, 0.29) is 0 Å². The molecule has 0 bridgehead atoms. The summed E-state index contributed by atoms with van der Waals surface area (Å²) in [6.45, 7) is 6.46. The molecule has 1 saturated heterocycles. The third-order valence-electron chi connectivity index (χ3n) is 1.27. The molecule has 0 aromatic rings. The van der Waals surface area contributed by atoms with Gasteiger partial charge in [0.1, 0.15) is 0 Å². The van der Waals surface area contributed by atoms with Gasteiger partial charge in [-0.1, -0.05) is 6.92 Å². The predicted molar refractivity (Wildman–Crippen MR) is 30.1 cm³/mol. The highest BCUT2D eigenvalue weighted by Crippen LogP contribution is 2.08. The zero-order chi connectivity index (χ0) is 5.33. The molecule has 1 rings (SSSR count). The normalized spacial score (nSPS) is 38.6. The zero-order valence-corrected chi connectivity index (χ0v) is 4.91. The van der Waals surface area contributed by atoms with Crippen molar-refractivity contribution in [2.45, 2.75) is 19.5 Å². The minimum Gasteiger partial charge on any atom is -0.299 e. The number of nitrogens with one attached hydrogen (secondary N) is 2. The van der Waals surface area contributed by atoms with Crippen molar-refractivity contribution in [3.8, 4) is 0 Å². The van der Waals surface area contributed by atoms with Gasteiger partial charge in [0.15, 0.2) is 0 Å². The van der Waals surface area contributed by atoms with E-state index >= 15 is 0 Å². The van der Waals surface area contributed by atoms with Gasteiger partial charge in [-0.05, 0) is 13.5 Å². The lowest BCUT2D eigenvalue weighted by Gasteiger charge is -2.04. The summed E-state index contributed by atoms with van der Waals surface area (Å²) in [4.78, 5) is 0. The van der Waals surface area contributed by atoms with Crippen molar-refractivity contribution in [1.29, 1.82) is 0 Å². The molecule has 1 fully saturated rings. The first-order valence-corrected chi connectivity index (χ1v) is 2.77. The van der Waals surface area contributed by atoms with Gasteiger partial charge in [-0.2, -0.15) is 0 Å². The molecular formula is C5H12N2. The molecule has 0 radical (unpaired) electrons. The highest BCUT2D eigenvalue weighted by molar-refractivity contribution is 4.96. The van der Waals surface area contributed by atoms with Crippen molar-refractivity contribution in [3.05, 3.63) is 0 Å². The topological polar surface area (TPSA) is 34.0 Å². The Hall–Kier alpha value is -0.0800. The lowest BCUT2D eigenvalue weighted by atomic mass is 10.4. The molecule has 0 amide bonds. The third kappa shape index (κ3) is 1.14. The van der Waals surface area contributed by atoms with Crippen molar-refractivity contribution in [1.82, 2.24) is 10.6 Å². The Balaban J connectivity index is 2.13. The van der Waals surface area contributed by atoms with E-state index in [4.69, 9.17) is 0 Å². The lowest BCUT2D eigenvalue weighted by Crippen LogP contribution is -2.31. The van der Waals surface area contributed by atoms with Crippen LogP contribution < -0.4 is 10.6 Å². The van der Waals surface area contributed by atoms with Gasteiger partial charge in [-0.15, -0.1) is 0 Å². The van der Waals surface area contributed by atoms with Crippen LogP contribution in [0.5, 0.6) is 0 Å². The summed E-state index contributed by atoms with van der Waals surface area (Å²) in [6, 6.07) is 0. The molecule has 1 aliphatic heterocycles. The Bertz CT molecular complexity index is 66.5. The fourth-order valence-corrected chi connectivity index (χ4v) is 0.648. The molecule has 0 aromatic carbocycles. The van der Waals surface area contributed by atoms with Gasteiger partial charge >= 0.3 is 0 Å². The Morgan fingerprint density at radius 3 is 2.57 bits per heavy atom. The van der Waals surface area contributed by atoms with Crippen molar-refractivity contribution < 1.29 is 0 Å². The Morgan fingerprint density at radius 2 is 2.43 bits per heavy atom. The average Bonchev–Trinajstić information content (AvgIpc) is 2.22. The minimum absolute atomic E-state index is 0.300. The smallest absolute Gasteiger partial charge is 0.0788 e. The number of hydrogen-bond acceptors (Lipinski definition) is 2. The molecule has 42 valence electrons. The quantitative estimate of drug-likeness (QED) is 0.476. The second kappa shape index (κ2) is 1.46. The number of hydrogen-bond donors (Lipinski definition) is 2. The molecule has 0 aromatic heterocycles. The SMILES string of the molecule is CCNC1(C)CN1.